The SMILES string of the molecule is Cc1cccc(NC(=O)CN(C)C(=O)C(C)(N)c2ccccc2)c1C.Cl. The number of nitrogens with two attached hydrogens (primary N) is 1. The number of hydrogen-bond acceptors (Lipinski definition) is 3. The van der Waals surface area contributed by atoms with E-state index in [9.17, 15) is 9.59 Å². The Bertz CT molecular complexity index is 776. The Kier molecular flexibility index (Phi) is 7.36. The lowest BCUT2D eigenvalue weighted by Gasteiger charge is -2.29. The topological polar surface area (TPSA) is 75.4 Å². The number of rotatable bonds is 5. The molecule has 6 heteroatoms. The zero-order valence-corrected chi connectivity index (χ0v) is 16.4. The monoisotopic (exact) mass is 375 g/mol. The number of hydrogen-bond donors (Lipinski definition) is 2. The first kappa shape index (κ1) is 21.7. The molecule has 0 bridgehead atoms. The van der Waals surface area contributed by atoms with Crippen LogP contribution in [0.4, 0.5) is 5.69 Å². The van der Waals surface area contributed by atoms with Crippen molar-refractivity contribution in [3.8, 4) is 0 Å². The Labute approximate surface area is 161 Å². The second kappa shape index (κ2) is 8.83. The highest BCUT2D eigenvalue weighted by molar-refractivity contribution is 5.96. The zero-order valence-electron chi connectivity index (χ0n) is 15.6. The molecule has 0 aromatic heterocycles. The van der Waals surface area contributed by atoms with E-state index in [4.69, 9.17) is 5.73 Å². The van der Waals surface area contributed by atoms with Crippen molar-refractivity contribution in [2.24, 2.45) is 5.73 Å². The predicted octanol–water partition coefficient (Wildman–Crippen LogP) is 3.00. The van der Waals surface area contributed by atoms with Gasteiger partial charge < -0.3 is 16.0 Å². The maximum Gasteiger partial charge on any atom is 0.247 e. The van der Waals surface area contributed by atoms with Crippen LogP contribution in [0, 0.1) is 13.8 Å². The summed E-state index contributed by atoms with van der Waals surface area (Å²) in [5.74, 6) is -0.566. The van der Waals surface area contributed by atoms with Crippen LogP contribution in [0.15, 0.2) is 48.5 Å². The molecular weight excluding hydrogens is 350 g/mol. The Morgan fingerprint density at radius 2 is 1.69 bits per heavy atom. The van der Waals surface area contributed by atoms with Gasteiger partial charge in [-0.05, 0) is 43.5 Å². The molecule has 1 atom stereocenters. The van der Waals surface area contributed by atoms with Gasteiger partial charge in [0, 0.05) is 12.7 Å². The van der Waals surface area contributed by atoms with Gasteiger partial charge in [0.2, 0.25) is 11.8 Å². The van der Waals surface area contributed by atoms with Crippen LogP contribution in [0.1, 0.15) is 23.6 Å². The van der Waals surface area contributed by atoms with Crippen molar-refractivity contribution >= 4 is 29.9 Å². The highest BCUT2D eigenvalue weighted by Gasteiger charge is 2.33. The first-order valence-corrected chi connectivity index (χ1v) is 8.19. The maximum atomic E-state index is 12.7. The van der Waals surface area contributed by atoms with Gasteiger partial charge in [0.1, 0.15) is 5.54 Å². The molecule has 0 spiro atoms. The molecule has 1 unspecified atom stereocenters. The van der Waals surface area contributed by atoms with Crippen LogP contribution in [0.3, 0.4) is 0 Å². The number of halogens is 1. The van der Waals surface area contributed by atoms with Crippen LogP contribution in [0.5, 0.6) is 0 Å². The summed E-state index contributed by atoms with van der Waals surface area (Å²) in [4.78, 5) is 26.4. The summed E-state index contributed by atoms with van der Waals surface area (Å²) in [7, 11) is 1.58. The third-order valence-corrected chi connectivity index (χ3v) is 4.42. The summed E-state index contributed by atoms with van der Waals surface area (Å²) in [5, 5.41) is 2.85. The minimum atomic E-state index is -1.18. The third kappa shape index (κ3) is 4.84. The highest BCUT2D eigenvalue weighted by atomic mass is 35.5. The van der Waals surface area contributed by atoms with Crippen LogP contribution in [0.25, 0.3) is 0 Å². The van der Waals surface area contributed by atoms with E-state index in [1.165, 1.54) is 4.90 Å². The van der Waals surface area contributed by atoms with E-state index in [1.54, 1.807) is 14.0 Å². The molecule has 2 aromatic rings. The van der Waals surface area contributed by atoms with E-state index >= 15 is 0 Å². The Morgan fingerprint density at radius 1 is 1.08 bits per heavy atom. The quantitative estimate of drug-likeness (QED) is 0.843. The molecule has 0 aliphatic heterocycles. The van der Waals surface area contributed by atoms with E-state index in [1.807, 2.05) is 62.4 Å². The fourth-order valence-electron chi connectivity index (χ4n) is 2.67. The molecule has 0 heterocycles. The normalized spacial score (nSPS) is 12.5. The van der Waals surface area contributed by atoms with Gasteiger partial charge in [-0.1, -0.05) is 42.5 Å². The maximum absolute atomic E-state index is 12.7. The lowest BCUT2D eigenvalue weighted by molar-refractivity contribution is -0.138. The van der Waals surface area contributed by atoms with Gasteiger partial charge in [-0.3, -0.25) is 9.59 Å². The van der Waals surface area contributed by atoms with Crippen molar-refractivity contribution in [1.29, 1.82) is 0 Å². The van der Waals surface area contributed by atoms with E-state index in [0.717, 1.165) is 16.8 Å². The van der Waals surface area contributed by atoms with Gasteiger partial charge in [-0.15, -0.1) is 12.4 Å². The van der Waals surface area contributed by atoms with Gasteiger partial charge in [0.25, 0.3) is 0 Å². The lowest BCUT2D eigenvalue weighted by atomic mass is 9.92. The molecular formula is C20H26ClN3O2. The second-order valence-corrected chi connectivity index (χ2v) is 6.53. The van der Waals surface area contributed by atoms with Crippen LogP contribution >= 0.6 is 12.4 Å². The number of amides is 2. The molecule has 0 saturated heterocycles. The number of likely N-dealkylation sites (N-methyl/N-ethyl adjacent to an activating group) is 1. The summed E-state index contributed by atoms with van der Waals surface area (Å²) >= 11 is 0. The van der Waals surface area contributed by atoms with Crippen LogP contribution in [-0.4, -0.2) is 30.3 Å². The smallest absolute Gasteiger partial charge is 0.247 e. The lowest BCUT2D eigenvalue weighted by Crippen LogP contribution is -2.51. The van der Waals surface area contributed by atoms with Crippen LogP contribution in [0.2, 0.25) is 0 Å². The minimum absolute atomic E-state index is 0. The van der Waals surface area contributed by atoms with Crippen molar-refractivity contribution in [2.45, 2.75) is 26.3 Å². The van der Waals surface area contributed by atoms with Crippen molar-refractivity contribution in [2.75, 3.05) is 18.9 Å². The Balaban J connectivity index is 0.00000338. The first-order chi connectivity index (χ1) is 11.7. The van der Waals surface area contributed by atoms with Gasteiger partial charge in [-0.25, -0.2) is 0 Å². The van der Waals surface area contributed by atoms with Crippen molar-refractivity contribution < 1.29 is 9.59 Å². The number of benzene rings is 2. The average Bonchev–Trinajstić information content (AvgIpc) is 2.59. The molecule has 5 nitrogen and oxygen atoms in total. The molecule has 0 radical (unpaired) electrons. The number of carbonyl (C=O) groups is 2. The molecule has 0 aliphatic carbocycles. The number of anilines is 1. The second-order valence-electron chi connectivity index (χ2n) is 6.53. The number of nitrogens with one attached hydrogen (secondary N) is 1. The molecule has 140 valence electrons. The van der Waals surface area contributed by atoms with E-state index in [2.05, 4.69) is 5.32 Å². The van der Waals surface area contributed by atoms with Crippen molar-refractivity contribution in [1.82, 2.24) is 4.90 Å². The first-order valence-electron chi connectivity index (χ1n) is 8.19. The Hall–Kier alpha value is -2.37. The molecule has 3 N–H and O–H groups in total. The molecule has 2 amide bonds. The highest BCUT2D eigenvalue weighted by Crippen LogP contribution is 2.20. The summed E-state index contributed by atoms with van der Waals surface area (Å²) in [6.45, 7) is 5.53. The zero-order chi connectivity index (χ0) is 18.6. The summed E-state index contributed by atoms with van der Waals surface area (Å²) in [6.07, 6.45) is 0. The molecule has 0 aliphatic rings. The number of aryl methyl sites for hydroxylation is 1. The molecule has 26 heavy (non-hydrogen) atoms. The molecule has 0 saturated carbocycles. The third-order valence-electron chi connectivity index (χ3n) is 4.42. The summed E-state index contributed by atoms with van der Waals surface area (Å²) in [6, 6.07) is 14.9. The standard InChI is InChI=1S/C20H25N3O2.ClH/c1-14-9-8-12-17(15(14)2)22-18(24)13-23(4)19(25)20(3,21)16-10-6-5-7-11-16;/h5-12H,13,21H2,1-4H3,(H,22,24);1H. The molecule has 0 fully saturated rings. The van der Waals surface area contributed by atoms with Gasteiger partial charge in [-0.2, -0.15) is 0 Å². The summed E-state index contributed by atoms with van der Waals surface area (Å²) < 4.78 is 0. The fourth-order valence-corrected chi connectivity index (χ4v) is 2.67. The molecule has 2 aromatic carbocycles. The van der Waals surface area contributed by atoms with Gasteiger partial charge in [0.15, 0.2) is 0 Å². The van der Waals surface area contributed by atoms with E-state index < -0.39 is 5.54 Å². The van der Waals surface area contributed by atoms with Crippen LogP contribution in [-0.2, 0) is 15.1 Å². The fraction of sp³-hybridized carbons (Fsp3) is 0.300. The van der Waals surface area contributed by atoms with E-state index in [0.29, 0.717) is 5.56 Å². The van der Waals surface area contributed by atoms with Crippen LogP contribution < -0.4 is 11.1 Å². The molecule has 2 rings (SSSR count). The average molecular weight is 376 g/mol. The van der Waals surface area contributed by atoms with Gasteiger partial charge >= 0.3 is 0 Å². The largest absolute Gasteiger partial charge is 0.335 e. The minimum Gasteiger partial charge on any atom is -0.335 e. The van der Waals surface area contributed by atoms with Crippen molar-refractivity contribution in [3.05, 3.63) is 65.2 Å². The summed E-state index contributed by atoms with van der Waals surface area (Å²) in [5.41, 5.74) is 8.62. The number of nitrogens with zero attached hydrogens (tertiary/aromatic N) is 1. The van der Waals surface area contributed by atoms with Crippen molar-refractivity contribution in [3.63, 3.8) is 0 Å². The number of carbonyl (C=O) groups excluding carboxylic acids is 2. The van der Waals surface area contributed by atoms with E-state index in [-0.39, 0.29) is 30.8 Å². The predicted molar refractivity (Wildman–Crippen MR) is 107 cm³/mol. The van der Waals surface area contributed by atoms with Gasteiger partial charge in [0.05, 0.1) is 6.54 Å². The Morgan fingerprint density at radius 3 is 2.31 bits per heavy atom.